The minimum absolute atomic E-state index is 0.0453. The number of benzene rings is 2. The molecule has 1 amide bonds. The van der Waals surface area contributed by atoms with Crippen LogP contribution in [-0.4, -0.2) is 19.1 Å². The van der Waals surface area contributed by atoms with Crippen LogP contribution in [0.3, 0.4) is 0 Å². The van der Waals surface area contributed by atoms with Gasteiger partial charge in [0, 0.05) is 6.42 Å². The minimum atomic E-state index is -0.0985. The van der Waals surface area contributed by atoms with Crippen LogP contribution in [0, 0.1) is 13.8 Å². The van der Waals surface area contributed by atoms with E-state index < -0.39 is 0 Å². The second-order valence-corrected chi connectivity index (χ2v) is 7.30. The zero-order valence-electron chi connectivity index (χ0n) is 17.3. The summed E-state index contributed by atoms with van der Waals surface area (Å²) in [5.41, 5.74) is 4.69. The number of aryl methyl sites for hydroxylation is 3. The molecule has 1 atom stereocenters. The molecule has 2 aromatic rings. The van der Waals surface area contributed by atoms with Gasteiger partial charge >= 0.3 is 0 Å². The van der Waals surface area contributed by atoms with E-state index in [1.165, 1.54) is 16.7 Å². The lowest BCUT2D eigenvalue weighted by atomic mass is 10.0. The predicted molar refractivity (Wildman–Crippen MR) is 110 cm³/mol. The van der Waals surface area contributed by atoms with Gasteiger partial charge in [0.25, 0.3) is 0 Å². The molecule has 0 radical (unpaired) electrons. The van der Waals surface area contributed by atoms with Gasteiger partial charge < -0.3 is 14.8 Å². The summed E-state index contributed by atoms with van der Waals surface area (Å²) in [7, 11) is 1.62. The van der Waals surface area contributed by atoms with Crippen LogP contribution >= 0.6 is 0 Å². The Labute approximate surface area is 162 Å². The van der Waals surface area contributed by atoms with E-state index in [9.17, 15) is 4.79 Å². The minimum Gasteiger partial charge on any atom is -0.493 e. The van der Waals surface area contributed by atoms with E-state index in [2.05, 4.69) is 37.4 Å². The number of rotatable bonds is 8. The first kappa shape index (κ1) is 20.8. The van der Waals surface area contributed by atoms with Crippen LogP contribution < -0.4 is 14.8 Å². The van der Waals surface area contributed by atoms with Gasteiger partial charge in [-0.15, -0.1) is 0 Å². The maximum Gasteiger partial charge on any atom is 0.220 e. The second kappa shape index (κ2) is 9.45. The Morgan fingerprint density at radius 3 is 2.41 bits per heavy atom. The first-order valence-corrected chi connectivity index (χ1v) is 9.50. The molecule has 27 heavy (non-hydrogen) atoms. The molecule has 0 aromatic heterocycles. The molecule has 2 aromatic carbocycles. The van der Waals surface area contributed by atoms with Gasteiger partial charge in [0.05, 0.1) is 19.3 Å². The maximum atomic E-state index is 12.4. The summed E-state index contributed by atoms with van der Waals surface area (Å²) in [5.74, 6) is 1.44. The lowest BCUT2D eigenvalue weighted by Crippen LogP contribution is -2.27. The van der Waals surface area contributed by atoms with Crippen LogP contribution in [0.4, 0.5) is 0 Å². The number of amides is 1. The SMILES string of the molecule is COc1cc(C(C)NC(=O)CCc2ccc(C)cc2C)ccc1OC(C)C. The molecule has 0 heterocycles. The summed E-state index contributed by atoms with van der Waals surface area (Å²) in [5, 5.41) is 3.07. The molecule has 0 spiro atoms. The van der Waals surface area contributed by atoms with E-state index in [0.717, 1.165) is 12.0 Å². The Balaban J connectivity index is 1.97. The predicted octanol–water partition coefficient (Wildman–Crippen LogP) is 4.91. The van der Waals surface area contributed by atoms with E-state index in [-0.39, 0.29) is 18.1 Å². The topological polar surface area (TPSA) is 47.6 Å². The molecule has 0 bridgehead atoms. The van der Waals surface area contributed by atoms with E-state index in [1.807, 2.05) is 39.0 Å². The summed E-state index contributed by atoms with van der Waals surface area (Å²) in [4.78, 5) is 12.4. The standard InChI is InChI=1S/C23H31NO3/c1-15(2)27-21-11-9-20(14-22(21)26-6)18(5)24-23(25)12-10-19-8-7-16(3)13-17(19)4/h7-9,11,13-15,18H,10,12H2,1-6H3,(H,24,25). The molecule has 1 N–H and O–H groups in total. The fraction of sp³-hybridized carbons (Fsp3) is 0.435. The van der Waals surface area contributed by atoms with Crippen molar-refractivity contribution >= 4 is 5.91 Å². The molecular formula is C23H31NO3. The van der Waals surface area contributed by atoms with Crippen molar-refractivity contribution in [3.8, 4) is 11.5 Å². The lowest BCUT2D eigenvalue weighted by molar-refractivity contribution is -0.121. The maximum absolute atomic E-state index is 12.4. The van der Waals surface area contributed by atoms with E-state index in [4.69, 9.17) is 9.47 Å². The molecule has 2 rings (SSSR count). The number of hydrogen-bond donors (Lipinski definition) is 1. The van der Waals surface area contributed by atoms with Gasteiger partial charge in [0.2, 0.25) is 5.91 Å². The third-order valence-electron chi connectivity index (χ3n) is 4.55. The quantitative estimate of drug-likeness (QED) is 0.719. The number of hydrogen-bond acceptors (Lipinski definition) is 3. The van der Waals surface area contributed by atoms with E-state index in [1.54, 1.807) is 7.11 Å². The molecule has 4 heteroatoms. The average Bonchev–Trinajstić information content (AvgIpc) is 2.60. The van der Waals surface area contributed by atoms with Crippen LogP contribution in [0.5, 0.6) is 11.5 Å². The van der Waals surface area contributed by atoms with Gasteiger partial charge in [0.1, 0.15) is 0 Å². The Kier molecular flexibility index (Phi) is 7.28. The van der Waals surface area contributed by atoms with Crippen molar-refractivity contribution < 1.29 is 14.3 Å². The molecule has 146 valence electrons. The first-order chi connectivity index (χ1) is 12.8. The summed E-state index contributed by atoms with van der Waals surface area (Å²) in [6.07, 6.45) is 1.29. The molecule has 0 fully saturated rings. The van der Waals surface area contributed by atoms with Crippen molar-refractivity contribution in [2.24, 2.45) is 0 Å². The smallest absolute Gasteiger partial charge is 0.220 e. The number of nitrogens with one attached hydrogen (secondary N) is 1. The molecule has 0 aliphatic carbocycles. The molecule has 4 nitrogen and oxygen atoms in total. The molecule has 1 unspecified atom stereocenters. The highest BCUT2D eigenvalue weighted by Crippen LogP contribution is 2.31. The number of carbonyl (C=O) groups is 1. The van der Waals surface area contributed by atoms with Crippen molar-refractivity contribution in [3.63, 3.8) is 0 Å². The third kappa shape index (κ3) is 6.02. The summed E-state index contributed by atoms with van der Waals surface area (Å²) >= 11 is 0. The van der Waals surface area contributed by atoms with Gasteiger partial charge in [-0.1, -0.05) is 29.8 Å². The highest BCUT2D eigenvalue weighted by atomic mass is 16.5. The average molecular weight is 370 g/mol. The van der Waals surface area contributed by atoms with Crippen molar-refractivity contribution in [3.05, 3.63) is 58.7 Å². The molecule has 0 aliphatic heterocycles. The number of ether oxygens (including phenoxy) is 2. The third-order valence-corrected chi connectivity index (χ3v) is 4.55. The fourth-order valence-electron chi connectivity index (χ4n) is 3.08. The Morgan fingerprint density at radius 1 is 1.04 bits per heavy atom. The number of carbonyl (C=O) groups excluding carboxylic acids is 1. The van der Waals surface area contributed by atoms with Gasteiger partial charge in [-0.2, -0.15) is 0 Å². The zero-order valence-corrected chi connectivity index (χ0v) is 17.3. The second-order valence-electron chi connectivity index (χ2n) is 7.30. The molecule has 0 saturated heterocycles. The Hall–Kier alpha value is -2.49. The molecule has 0 aliphatic rings. The van der Waals surface area contributed by atoms with Crippen molar-refractivity contribution in [2.45, 2.75) is 59.6 Å². The Bertz CT molecular complexity index is 783. The monoisotopic (exact) mass is 369 g/mol. The van der Waals surface area contributed by atoms with Crippen molar-refractivity contribution in [2.75, 3.05) is 7.11 Å². The first-order valence-electron chi connectivity index (χ1n) is 9.50. The summed E-state index contributed by atoms with van der Waals surface area (Å²) in [6.45, 7) is 10.1. The molecular weight excluding hydrogens is 338 g/mol. The van der Waals surface area contributed by atoms with Crippen molar-refractivity contribution in [1.82, 2.24) is 5.32 Å². The van der Waals surface area contributed by atoms with Gasteiger partial charge in [-0.05, 0) is 69.9 Å². The van der Waals surface area contributed by atoms with Crippen molar-refractivity contribution in [1.29, 1.82) is 0 Å². The van der Waals surface area contributed by atoms with Gasteiger partial charge in [-0.3, -0.25) is 4.79 Å². The van der Waals surface area contributed by atoms with Gasteiger partial charge in [-0.25, -0.2) is 0 Å². The fourth-order valence-corrected chi connectivity index (χ4v) is 3.08. The van der Waals surface area contributed by atoms with Crippen LogP contribution in [0.25, 0.3) is 0 Å². The van der Waals surface area contributed by atoms with Crippen LogP contribution in [-0.2, 0) is 11.2 Å². The van der Waals surface area contributed by atoms with Crippen LogP contribution in [0.2, 0.25) is 0 Å². The largest absolute Gasteiger partial charge is 0.493 e. The zero-order chi connectivity index (χ0) is 20.0. The van der Waals surface area contributed by atoms with Crippen LogP contribution in [0.15, 0.2) is 36.4 Å². The molecule has 0 saturated carbocycles. The van der Waals surface area contributed by atoms with Crippen LogP contribution in [0.1, 0.15) is 55.5 Å². The highest BCUT2D eigenvalue weighted by Gasteiger charge is 2.14. The Morgan fingerprint density at radius 2 is 1.78 bits per heavy atom. The van der Waals surface area contributed by atoms with E-state index in [0.29, 0.717) is 17.9 Å². The van der Waals surface area contributed by atoms with Gasteiger partial charge in [0.15, 0.2) is 11.5 Å². The highest BCUT2D eigenvalue weighted by molar-refractivity contribution is 5.76. The number of methoxy groups -OCH3 is 1. The summed E-state index contributed by atoms with van der Waals surface area (Å²) < 4.78 is 11.2. The summed E-state index contributed by atoms with van der Waals surface area (Å²) in [6, 6.07) is 12.0. The lowest BCUT2D eigenvalue weighted by Gasteiger charge is -2.18. The normalized spacial score (nSPS) is 12.0. The van der Waals surface area contributed by atoms with E-state index >= 15 is 0 Å².